The number of hydrogen-bond acceptors (Lipinski definition) is 3. The Morgan fingerprint density at radius 3 is 2.87 bits per heavy atom. The summed E-state index contributed by atoms with van der Waals surface area (Å²) in [5.41, 5.74) is 0.667. The molecule has 4 nitrogen and oxygen atoms in total. The number of nitriles is 1. The standard InChI is InChI=1S/C11H12N2O2/c1-8(7-14)13-11(15)10-5-3-2-4-9(10)6-12/h2-5,8,14H,7H2,1H3,(H,13,15). The van der Waals surface area contributed by atoms with Gasteiger partial charge < -0.3 is 10.4 Å². The molecule has 4 heteroatoms. The third-order valence-electron chi connectivity index (χ3n) is 1.94. The van der Waals surface area contributed by atoms with Gasteiger partial charge in [-0.05, 0) is 19.1 Å². The van der Waals surface area contributed by atoms with Crippen LogP contribution in [-0.2, 0) is 0 Å². The lowest BCUT2D eigenvalue weighted by Crippen LogP contribution is -2.35. The van der Waals surface area contributed by atoms with E-state index >= 15 is 0 Å². The number of carbonyl (C=O) groups is 1. The lowest BCUT2D eigenvalue weighted by molar-refractivity contribution is 0.0922. The largest absolute Gasteiger partial charge is 0.394 e. The molecule has 0 aromatic heterocycles. The first-order valence-electron chi connectivity index (χ1n) is 4.60. The predicted molar refractivity (Wildman–Crippen MR) is 55.2 cm³/mol. The predicted octanol–water partition coefficient (Wildman–Crippen LogP) is 0.669. The first kappa shape index (κ1) is 11.2. The van der Waals surface area contributed by atoms with E-state index in [1.165, 1.54) is 0 Å². The van der Waals surface area contributed by atoms with Gasteiger partial charge in [-0.1, -0.05) is 12.1 Å². The zero-order valence-corrected chi connectivity index (χ0v) is 8.40. The maximum absolute atomic E-state index is 11.6. The number of rotatable bonds is 3. The Morgan fingerprint density at radius 2 is 2.27 bits per heavy atom. The monoisotopic (exact) mass is 204 g/mol. The highest BCUT2D eigenvalue weighted by molar-refractivity contribution is 5.96. The van der Waals surface area contributed by atoms with E-state index < -0.39 is 0 Å². The first-order valence-corrected chi connectivity index (χ1v) is 4.60. The molecule has 0 saturated heterocycles. The Morgan fingerprint density at radius 1 is 1.60 bits per heavy atom. The summed E-state index contributed by atoms with van der Waals surface area (Å²) in [6, 6.07) is 8.19. The van der Waals surface area contributed by atoms with Crippen molar-refractivity contribution in [3.8, 4) is 6.07 Å². The minimum Gasteiger partial charge on any atom is -0.394 e. The van der Waals surface area contributed by atoms with Gasteiger partial charge in [0.25, 0.3) is 5.91 Å². The fourth-order valence-corrected chi connectivity index (χ4v) is 1.13. The molecule has 2 N–H and O–H groups in total. The maximum atomic E-state index is 11.6. The Bertz CT molecular complexity index is 396. The molecule has 0 heterocycles. The van der Waals surface area contributed by atoms with Gasteiger partial charge in [-0.25, -0.2) is 0 Å². The molecule has 15 heavy (non-hydrogen) atoms. The average Bonchev–Trinajstić information content (AvgIpc) is 2.28. The quantitative estimate of drug-likeness (QED) is 0.760. The van der Waals surface area contributed by atoms with Crippen LogP contribution < -0.4 is 5.32 Å². The number of hydrogen-bond donors (Lipinski definition) is 2. The van der Waals surface area contributed by atoms with E-state index in [-0.39, 0.29) is 18.6 Å². The van der Waals surface area contributed by atoms with Crippen LogP contribution in [0, 0.1) is 11.3 Å². The minimum atomic E-state index is -0.339. The third-order valence-corrected chi connectivity index (χ3v) is 1.94. The van der Waals surface area contributed by atoms with E-state index in [4.69, 9.17) is 10.4 Å². The van der Waals surface area contributed by atoms with Crippen LogP contribution in [0.1, 0.15) is 22.8 Å². The highest BCUT2D eigenvalue weighted by Crippen LogP contribution is 2.07. The second-order valence-electron chi connectivity index (χ2n) is 3.21. The Labute approximate surface area is 88.2 Å². The van der Waals surface area contributed by atoms with E-state index in [0.717, 1.165) is 0 Å². The summed E-state index contributed by atoms with van der Waals surface area (Å²) in [4.78, 5) is 11.6. The van der Waals surface area contributed by atoms with Crippen LogP contribution in [-0.4, -0.2) is 23.7 Å². The van der Waals surface area contributed by atoms with Gasteiger partial charge in [-0.3, -0.25) is 4.79 Å². The molecule has 0 bridgehead atoms. The number of aliphatic hydroxyl groups is 1. The molecule has 0 aliphatic heterocycles. The van der Waals surface area contributed by atoms with Crippen LogP contribution >= 0.6 is 0 Å². The fourth-order valence-electron chi connectivity index (χ4n) is 1.13. The van der Waals surface area contributed by atoms with Crippen LogP contribution in [0.4, 0.5) is 0 Å². The lowest BCUT2D eigenvalue weighted by Gasteiger charge is -2.11. The molecule has 0 radical (unpaired) electrons. The van der Waals surface area contributed by atoms with Gasteiger partial charge in [0, 0.05) is 6.04 Å². The zero-order valence-electron chi connectivity index (χ0n) is 8.40. The van der Waals surface area contributed by atoms with Gasteiger partial charge in [0.1, 0.15) is 0 Å². The summed E-state index contributed by atoms with van der Waals surface area (Å²) < 4.78 is 0. The number of aliphatic hydroxyl groups excluding tert-OH is 1. The second-order valence-corrected chi connectivity index (χ2v) is 3.21. The average molecular weight is 204 g/mol. The van der Waals surface area contributed by atoms with E-state index in [1.807, 2.05) is 6.07 Å². The van der Waals surface area contributed by atoms with Crippen molar-refractivity contribution in [3.05, 3.63) is 35.4 Å². The van der Waals surface area contributed by atoms with Crippen molar-refractivity contribution < 1.29 is 9.90 Å². The Balaban J connectivity index is 2.87. The number of benzene rings is 1. The number of carbonyl (C=O) groups excluding carboxylic acids is 1. The van der Waals surface area contributed by atoms with Gasteiger partial charge in [0.05, 0.1) is 23.8 Å². The molecule has 0 fully saturated rings. The van der Waals surface area contributed by atoms with Gasteiger partial charge in [-0.15, -0.1) is 0 Å². The molecule has 0 spiro atoms. The first-order chi connectivity index (χ1) is 7.19. The summed E-state index contributed by atoms with van der Waals surface area (Å²) >= 11 is 0. The zero-order chi connectivity index (χ0) is 11.3. The molecule has 0 aliphatic rings. The smallest absolute Gasteiger partial charge is 0.252 e. The molecular formula is C11H12N2O2. The lowest BCUT2D eigenvalue weighted by atomic mass is 10.1. The molecule has 1 unspecified atom stereocenters. The summed E-state index contributed by atoms with van der Waals surface area (Å²) in [5, 5.41) is 20.1. The fraction of sp³-hybridized carbons (Fsp3) is 0.273. The van der Waals surface area contributed by atoms with Crippen molar-refractivity contribution in [1.29, 1.82) is 5.26 Å². The maximum Gasteiger partial charge on any atom is 0.252 e. The highest BCUT2D eigenvalue weighted by Gasteiger charge is 2.12. The van der Waals surface area contributed by atoms with Crippen molar-refractivity contribution >= 4 is 5.91 Å². The molecule has 0 aliphatic carbocycles. The normalized spacial score (nSPS) is 11.5. The molecule has 1 amide bonds. The molecule has 1 atom stereocenters. The van der Waals surface area contributed by atoms with E-state index in [0.29, 0.717) is 11.1 Å². The van der Waals surface area contributed by atoms with E-state index in [1.54, 1.807) is 31.2 Å². The van der Waals surface area contributed by atoms with Crippen molar-refractivity contribution in [1.82, 2.24) is 5.32 Å². The van der Waals surface area contributed by atoms with Gasteiger partial charge in [-0.2, -0.15) is 5.26 Å². The number of nitrogens with one attached hydrogen (secondary N) is 1. The minimum absolute atomic E-state index is 0.125. The SMILES string of the molecule is CC(CO)NC(=O)c1ccccc1C#N. The van der Waals surface area contributed by atoms with Crippen molar-refractivity contribution in [2.45, 2.75) is 13.0 Å². The number of nitrogens with zero attached hydrogens (tertiary/aromatic N) is 1. The summed E-state index contributed by atoms with van der Waals surface area (Å²) in [6.45, 7) is 1.56. The molecule has 1 aromatic rings. The molecule has 78 valence electrons. The molecule has 0 saturated carbocycles. The molecular weight excluding hydrogens is 192 g/mol. The second kappa shape index (κ2) is 5.13. The summed E-state index contributed by atoms with van der Waals surface area (Å²) in [7, 11) is 0. The van der Waals surface area contributed by atoms with Crippen molar-refractivity contribution in [3.63, 3.8) is 0 Å². The van der Waals surface area contributed by atoms with Crippen LogP contribution in [0.25, 0.3) is 0 Å². The summed E-state index contributed by atoms with van der Waals surface area (Å²) in [5.74, 6) is -0.339. The van der Waals surface area contributed by atoms with Crippen molar-refractivity contribution in [2.24, 2.45) is 0 Å². The topological polar surface area (TPSA) is 73.1 Å². The van der Waals surface area contributed by atoms with Crippen LogP contribution in [0.3, 0.4) is 0 Å². The van der Waals surface area contributed by atoms with E-state index in [9.17, 15) is 4.79 Å². The van der Waals surface area contributed by atoms with Gasteiger partial charge in [0.2, 0.25) is 0 Å². The van der Waals surface area contributed by atoms with Crippen LogP contribution in [0.15, 0.2) is 24.3 Å². The molecule has 1 rings (SSSR count). The molecule has 1 aromatic carbocycles. The number of amides is 1. The highest BCUT2D eigenvalue weighted by atomic mass is 16.3. The summed E-state index contributed by atoms with van der Waals surface area (Å²) in [6.07, 6.45) is 0. The Kier molecular flexibility index (Phi) is 3.83. The third kappa shape index (κ3) is 2.79. The van der Waals surface area contributed by atoms with Crippen LogP contribution in [0.2, 0.25) is 0 Å². The van der Waals surface area contributed by atoms with Crippen molar-refractivity contribution in [2.75, 3.05) is 6.61 Å². The van der Waals surface area contributed by atoms with Gasteiger partial charge >= 0.3 is 0 Å². The Hall–Kier alpha value is -1.86. The van der Waals surface area contributed by atoms with E-state index in [2.05, 4.69) is 5.32 Å². The van der Waals surface area contributed by atoms with Crippen LogP contribution in [0.5, 0.6) is 0 Å². The van der Waals surface area contributed by atoms with Gasteiger partial charge in [0.15, 0.2) is 0 Å².